The molecule has 0 aromatic heterocycles. The maximum atomic E-state index is 10.9. The number of nitro benzene ring substituents is 1. The van der Waals surface area contributed by atoms with Gasteiger partial charge in [0.25, 0.3) is 5.69 Å². The molecule has 0 spiro atoms. The summed E-state index contributed by atoms with van der Waals surface area (Å²) in [4.78, 5) is 10.3. The lowest BCUT2D eigenvalue weighted by Gasteiger charge is -2.07. The van der Waals surface area contributed by atoms with Crippen LogP contribution in [0.3, 0.4) is 0 Å². The van der Waals surface area contributed by atoms with Gasteiger partial charge in [-0.15, -0.1) is 0 Å². The molecule has 0 heterocycles. The standard InChI is InChI=1S/C13H12N2O4/c16-10-3-1-2-9(6-10)8-14-12-5-4-11(17)7-13(12)15(18)19/h1-7,14,16-17H,8H2. The van der Waals surface area contributed by atoms with Crippen molar-refractivity contribution < 1.29 is 15.1 Å². The fraction of sp³-hybridized carbons (Fsp3) is 0.0769. The highest BCUT2D eigenvalue weighted by Crippen LogP contribution is 2.28. The first-order valence-electron chi connectivity index (χ1n) is 5.55. The normalized spacial score (nSPS) is 10.1. The number of rotatable bonds is 4. The Bertz CT molecular complexity index is 613. The van der Waals surface area contributed by atoms with Gasteiger partial charge in [0.05, 0.1) is 11.0 Å². The molecule has 98 valence electrons. The van der Waals surface area contributed by atoms with E-state index in [2.05, 4.69) is 5.32 Å². The van der Waals surface area contributed by atoms with E-state index >= 15 is 0 Å². The molecule has 0 saturated carbocycles. The molecular formula is C13H12N2O4. The summed E-state index contributed by atoms with van der Waals surface area (Å²) in [6, 6.07) is 10.5. The number of nitrogens with zero attached hydrogens (tertiary/aromatic N) is 1. The third-order valence-electron chi connectivity index (χ3n) is 2.57. The number of anilines is 1. The van der Waals surface area contributed by atoms with Gasteiger partial charge in [-0.05, 0) is 29.8 Å². The van der Waals surface area contributed by atoms with Crippen molar-refractivity contribution in [3.8, 4) is 11.5 Å². The molecule has 0 atom stereocenters. The van der Waals surface area contributed by atoms with Gasteiger partial charge in [0, 0.05) is 6.54 Å². The minimum atomic E-state index is -0.565. The van der Waals surface area contributed by atoms with Crippen molar-refractivity contribution in [2.24, 2.45) is 0 Å². The summed E-state index contributed by atoms with van der Waals surface area (Å²) in [6.07, 6.45) is 0. The molecule has 0 saturated heterocycles. The van der Waals surface area contributed by atoms with E-state index in [-0.39, 0.29) is 17.2 Å². The van der Waals surface area contributed by atoms with Crippen LogP contribution >= 0.6 is 0 Å². The topological polar surface area (TPSA) is 95.6 Å². The maximum Gasteiger partial charge on any atom is 0.296 e. The molecule has 0 radical (unpaired) electrons. The summed E-state index contributed by atoms with van der Waals surface area (Å²) in [7, 11) is 0. The molecule has 0 aliphatic rings. The van der Waals surface area contributed by atoms with E-state index in [0.29, 0.717) is 12.2 Å². The van der Waals surface area contributed by atoms with Gasteiger partial charge >= 0.3 is 0 Å². The monoisotopic (exact) mass is 260 g/mol. The van der Waals surface area contributed by atoms with E-state index in [1.807, 2.05) is 0 Å². The van der Waals surface area contributed by atoms with Crippen molar-refractivity contribution >= 4 is 11.4 Å². The van der Waals surface area contributed by atoms with Crippen LogP contribution in [-0.2, 0) is 6.54 Å². The molecule has 0 aliphatic carbocycles. The minimum Gasteiger partial charge on any atom is -0.508 e. The smallest absolute Gasteiger partial charge is 0.296 e. The number of benzene rings is 2. The van der Waals surface area contributed by atoms with Crippen molar-refractivity contribution in [1.82, 2.24) is 0 Å². The molecular weight excluding hydrogens is 248 g/mol. The Morgan fingerprint density at radius 1 is 1.11 bits per heavy atom. The molecule has 3 N–H and O–H groups in total. The second-order valence-corrected chi connectivity index (χ2v) is 3.98. The summed E-state index contributed by atoms with van der Waals surface area (Å²) in [5, 5.41) is 32.3. The molecule has 0 bridgehead atoms. The number of hydrogen-bond acceptors (Lipinski definition) is 5. The molecule has 0 unspecified atom stereocenters. The minimum absolute atomic E-state index is 0.138. The Hall–Kier alpha value is -2.76. The van der Waals surface area contributed by atoms with E-state index in [9.17, 15) is 20.3 Å². The van der Waals surface area contributed by atoms with Crippen molar-refractivity contribution in [2.75, 3.05) is 5.32 Å². The second-order valence-electron chi connectivity index (χ2n) is 3.98. The van der Waals surface area contributed by atoms with Gasteiger partial charge in [-0.3, -0.25) is 10.1 Å². The van der Waals surface area contributed by atoms with Crippen LogP contribution in [0.5, 0.6) is 11.5 Å². The van der Waals surface area contributed by atoms with Crippen LogP contribution in [0.15, 0.2) is 42.5 Å². The van der Waals surface area contributed by atoms with E-state index in [1.54, 1.807) is 24.3 Å². The number of aromatic hydroxyl groups is 2. The Morgan fingerprint density at radius 3 is 2.53 bits per heavy atom. The average Bonchev–Trinajstić information content (AvgIpc) is 2.37. The molecule has 0 aliphatic heterocycles. The predicted molar refractivity (Wildman–Crippen MR) is 70.2 cm³/mol. The Balaban J connectivity index is 2.17. The second kappa shape index (κ2) is 5.26. The van der Waals surface area contributed by atoms with E-state index in [0.717, 1.165) is 11.6 Å². The van der Waals surface area contributed by atoms with Crippen LogP contribution in [-0.4, -0.2) is 15.1 Å². The summed E-state index contributed by atoms with van der Waals surface area (Å²) in [5.74, 6) is -0.0193. The highest BCUT2D eigenvalue weighted by molar-refractivity contribution is 5.63. The van der Waals surface area contributed by atoms with Gasteiger partial charge in [-0.1, -0.05) is 12.1 Å². The number of phenols is 2. The van der Waals surface area contributed by atoms with Gasteiger partial charge in [-0.25, -0.2) is 0 Å². The summed E-state index contributed by atoms with van der Waals surface area (Å²) in [5.41, 5.74) is 0.911. The first-order chi connectivity index (χ1) is 9.06. The fourth-order valence-electron chi connectivity index (χ4n) is 1.68. The van der Waals surface area contributed by atoms with Crippen molar-refractivity contribution in [3.05, 3.63) is 58.1 Å². The van der Waals surface area contributed by atoms with E-state index < -0.39 is 4.92 Å². The number of nitrogens with one attached hydrogen (secondary N) is 1. The molecule has 0 fully saturated rings. The zero-order valence-corrected chi connectivity index (χ0v) is 9.91. The summed E-state index contributed by atoms with van der Waals surface area (Å²) in [6.45, 7) is 0.333. The Labute approximate surface area is 109 Å². The van der Waals surface area contributed by atoms with E-state index in [4.69, 9.17) is 0 Å². The summed E-state index contributed by atoms with van der Waals surface area (Å²) >= 11 is 0. The first-order valence-corrected chi connectivity index (χ1v) is 5.55. The lowest BCUT2D eigenvalue weighted by atomic mass is 10.2. The molecule has 2 aromatic carbocycles. The fourth-order valence-corrected chi connectivity index (χ4v) is 1.68. The zero-order chi connectivity index (χ0) is 13.8. The lowest BCUT2D eigenvalue weighted by Crippen LogP contribution is -2.02. The van der Waals surface area contributed by atoms with Gasteiger partial charge in [0.2, 0.25) is 0 Å². The SMILES string of the molecule is O=[N+]([O-])c1cc(O)ccc1NCc1cccc(O)c1. The van der Waals surface area contributed by atoms with Crippen LogP contribution in [0.4, 0.5) is 11.4 Å². The van der Waals surface area contributed by atoms with Crippen LogP contribution in [0.1, 0.15) is 5.56 Å². The molecule has 0 amide bonds. The third-order valence-corrected chi connectivity index (χ3v) is 2.57. The molecule has 2 rings (SSSR count). The van der Waals surface area contributed by atoms with Crippen molar-refractivity contribution in [3.63, 3.8) is 0 Å². The highest BCUT2D eigenvalue weighted by atomic mass is 16.6. The van der Waals surface area contributed by atoms with Gasteiger partial charge in [-0.2, -0.15) is 0 Å². The summed E-state index contributed by atoms with van der Waals surface area (Å²) < 4.78 is 0. The average molecular weight is 260 g/mol. The first kappa shape index (κ1) is 12.7. The van der Waals surface area contributed by atoms with Gasteiger partial charge < -0.3 is 15.5 Å². The zero-order valence-electron chi connectivity index (χ0n) is 9.91. The van der Waals surface area contributed by atoms with Crippen LogP contribution in [0.2, 0.25) is 0 Å². The molecule has 6 nitrogen and oxygen atoms in total. The Kier molecular flexibility index (Phi) is 3.51. The number of hydrogen-bond donors (Lipinski definition) is 3. The number of phenolic OH excluding ortho intramolecular Hbond substituents is 2. The van der Waals surface area contributed by atoms with Crippen LogP contribution in [0, 0.1) is 10.1 Å². The van der Waals surface area contributed by atoms with Crippen molar-refractivity contribution in [1.29, 1.82) is 0 Å². The van der Waals surface area contributed by atoms with Crippen molar-refractivity contribution in [2.45, 2.75) is 6.54 Å². The molecule has 2 aromatic rings. The highest BCUT2D eigenvalue weighted by Gasteiger charge is 2.14. The lowest BCUT2D eigenvalue weighted by molar-refractivity contribution is -0.384. The van der Waals surface area contributed by atoms with Crippen LogP contribution in [0.25, 0.3) is 0 Å². The largest absolute Gasteiger partial charge is 0.508 e. The predicted octanol–water partition coefficient (Wildman–Crippen LogP) is 2.62. The third kappa shape index (κ3) is 3.12. The van der Waals surface area contributed by atoms with E-state index in [1.165, 1.54) is 12.1 Å². The Morgan fingerprint density at radius 2 is 1.84 bits per heavy atom. The molecule has 19 heavy (non-hydrogen) atoms. The van der Waals surface area contributed by atoms with Gasteiger partial charge in [0.1, 0.15) is 17.2 Å². The van der Waals surface area contributed by atoms with Gasteiger partial charge in [0.15, 0.2) is 0 Å². The number of nitro groups is 1. The maximum absolute atomic E-state index is 10.9. The van der Waals surface area contributed by atoms with Crippen LogP contribution < -0.4 is 5.32 Å². The quantitative estimate of drug-likeness (QED) is 0.446. The molecule has 6 heteroatoms.